The highest BCUT2D eigenvalue weighted by Gasteiger charge is 2.25. The Morgan fingerprint density at radius 1 is 0.929 bits per heavy atom. The number of nitrogens with one attached hydrogen (secondary N) is 1. The molecule has 3 amide bonds. The van der Waals surface area contributed by atoms with Crippen LogP contribution in [0.3, 0.4) is 0 Å². The summed E-state index contributed by atoms with van der Waals surface area (Å²) in [7, 11) is 0. The minimum absolute atomic E-state index is 0.0268. The third-order valence-corrected chi connectivity index (χ3v) is 5.63. The first-order chi connectivity index (χ1) is 13.4. The van der Waals surface area contributed by atoms with Gasteiger partial charge in [-0.2, -0.15) is 0 Å². The molecule has 3 rings (SSSR count). The number of amides is 3. The van der Waals surface area contributed by atoms with Crippen LogP contribution in [0.2, 0.25) is 10.0 Å². The largest absolute Gasteiger partial charge is 0.346 e. The van der Waals surface area contributed by atoms with Crippen LogP contribution in [-0.2, 0) is 9.59 Å². The predicted molar refractivity (Wildman–Crippen MR) is 108 cm³/mol. The summed E-state index contributed by atoms with van der Waals surface area (Å²) in [5.41, 5.74) is 0.428. The smallest absolute Gasteiger partial charge is 0.255 e. The summed E-state index contributed by atoms with van der Waals surface area (Å²) in [6.07, 6.45) is 2.06. The van der Waals surface area contributed by atoms with Gasteiger partial charge in [0, 0.05) is 44.3 Å². The summed E-state index contributed by atoms with van der Waals surface area (Å²) in [4.78, 5) is 42.2. The van der Waals surface area contributed by atoms with Gasteiger partial charge in [-0.3, -0.25) is 19.3 Å². The van der Waals surface area contributed by atoms with Crippen LogP contribution in [0, 0.1) is 0 Å². The second-order valence-corrected chi connectivity index (χ2v) is 7.90. The van der Waals surface area contributed by atoms with Crippen LogP contribution in [0.25, 0.3) is 0 Å². The molecule has 0 unspecified atom stereocenters. The molecule has 2 heterocycles. The van der Waals surface area contributed by atoms with Crippen LogP contribution in [0.15, 0.2) is 18.2 Å². The van der Waals surface area contributed by atoms with Crippen molar-refractivity contribution in [3.63, 3.8) is 0 Å². The molecule has 0 atom stereocenters. The number of carbonyl (C=O) groups excluding carboxylic acids is 3. The third-order valence-electron chi connectivity index (χ3n) is 5.08. The number of likely N-dealkylation sites (tertiary alicyclic amines) is 1. The van der Waals surface area contributed by atoms with Gasteiger partial charge in [-0.1, -0.05) is 23.2 Å². The van der Waals surface area contributed by atoms with Crippen LogP contribution in [0.5, 0.6) is 0 Å². The van der Waals surface area contributed by atoms with E-state index in [0.717, 1.165) is 25.9 Å². The fraction of sp³-hybridized carbons (Fsp3) is 0.526. The molecule has 0 spiro atoms. The van der Waals surface area contributed by atoms with Crippen LogP contribution in [0.1, 0.15) is 23.2 Å². The van der Waals surface area contributed by atoms with Crippen molar-refractivity contribution < 1.29 is 14.4 Å². The lowest BCUT2D eigenvalue weighted by atomic mass is 10.1. The first-order valence-electron chi connectivity index (χ1n) is 9.45. The number of hydrogen-bond acceptors (Lipinski definition) is 4. The molecular formula is C19H24Cl2N4O3. The number of halogens is 2. The molecule has 152 valence electrons. The normalized spacial score (nSPS) is 17.6. The van der Waals surface area contributed by atoms with Crippen LogP contribution < -0.4 is 5.32 Å². The predicted octanol–water partition coefficient (Wildman–Crippen LogP) is 1.49. The van der Waals surface area contributed by atoms with Gasteiger partial charge in [-0.25, -0.2) is 0 Å². The van der Waals surface area contributed by atoms with E-state index in [1.54, 1.807) is 28.0 Å². The van der Waals surface area contributed by atoms with Crippen molar-refractivity contribution in [2.24, 2.45) is 0 Å². The first kappa shape index (κ1) is 20.9. The molecule has 2 fully saturated rings. The number of nitrogens with zero attached hydrogens (tertiary/aromatic N) is 3. The summed E-state index contributed by atoms with van der Waals surface area (Å²) >= 11 is 12.0. The van der Waals surface area contributed by atoms with Gasteiger partial charge in [0.05, 0.1) is 23.7 Å². The Hall–Kier alpha value is -1.83. The Morgan fingerprint density at radius 2 is 1.61 bits per heavy atom. The fourth-order valence-electron chi connectivity index (χ4n) is 3.45. The van der Waals surface area contributed by atoms with Crippen molar-refractivity contribution in [1.29, 1.82) is 0 Å². The average Bonchev–Trinajstić information content (AvgIpc) is 3.21. The minimum Gasteiger partial charge on any atom is -0.346 e. The summed E-state index contributed by atoms with van der Waals surface area (Å²) < 4.78 is 0. The topological polar surface area (TPSA) is 73.0 Å². The molecule has 0 saturated carbocycles. The van der Waals surface area contributed by atoms with E-state index in [1.807, 2.05) is 4.90 Å². The summed E-state index contributed by atoms with van der Waals surface area (Å²) in [6, 6.07) is 4.83. The van der Waals surface area contributed by atoms with Crippen molar-refractivity contribution in [2.75, 3.05) is 52.4 Å². The molecule has 0 bridgehead atoms. The van der Waals surface area contributed by atoms with Gasteiger partial charge in [0.25, 0.3) is 5.91 Å². The van der Waals surface area contributed by atoms with Gasteiger partial charge in [0.15, 0.2) is 0 Å². The number of piperazine rings is 1. The molecule has 7 nitrogen and oxygen atoms in total. The van der Waals surface area contributed by atoms with Crippen LogP contribution >= 0.6 is 23.2 Å². The summed E-state index contributed by atoms with van der Waals surface area (Å²) in [5.74, 6) is -0.337. The van der Waals surface area contributed by atoms with Gasteiger partial charge < -0.3 is 15.1 Å². The lowest BCUT2D eigenvalue weighted by Crippen LogP contribution is -2.51. The van der Waals surface area contributed by atoms with E-state index in [9.17, 15) is 14.4 Å². The van der Waals surface area contributed by atoms with Crippen molar-refractivity contribution in [3.05, 3.63) is 33.8 Å². The molecule has 9 heteroatoms. The zero-order chi connectivity index (χ0) is 20.1. The molecule has 1 aromatic carbocycles. The van der Waals surface area contributed by atoms with Crippen molar-refractivity contribution in [1.82, 2.24) is 20.0 Å². The Morgan fingerprint density at radius 3 is 2.25 bits per heavy atom. The Labute approximate surface area is 174 Å². The zero-order valence-corrected chi connectivity index (χ0v) is 17.1. The molecule has 28 heavy (non-hydrogen) atoms. The van der Waals surface area contributed by atoms with Crippen molar-refractivity contribution in [2.45, 2.75) is 12.8 Å². The maximum absolute atomic E-state index is 12.6. The van der Waals surface area contributed by atoms with E-state index in [0.29, 0.717) is 41.8 Å². The Balaban J connectivity index is 1.41. The van der Waals surface area contributed by atoms with Crippen molar-refractivity contribution >= 4 is 40.9 Å². The fourth-order valence-corrected chi connectivity index (χ4v) is 3.94. The van der Waals surface area contributed by atoms with Crippen molar-refractivity contribution in [3.8, 4) is 0 Å². The third kappa shape index (κ3) is 5.37. The lowest BCUT2D eigenvalue weighted by molar-refractivity contribution is -0.132. The quantitative estimate of drug-likeness (QED) is 0.773. The second kappa shape index (κ2) is 9.58. The highest BCUT2D eigenvalue weighted by atomic mass is 35.5. The van der Waals surface area contributed by atoms with E-state index >= 15 is 0 Å². The minimum atomic E-state index is -0.173. The highest BCUT2D eigenvalue weighted by Crippen LogP contribution is 2.22. The van der Waals surface area contributed by atoms with Gasteiger partial charge >= 0.3 is 0 Å². The number of carbonyl (C=O) groups is 3. The molecule has 2 aliphatic rings. The van der Waals surface area contributed by atoms with Crippen LogP contribution in [-0.4, -0.2) is 84.8 Å². The van der Waals surface area contributed by atoms with E-state index in [-0.39, 0.29) is 30.8 Å². The molecular weight excluding hydrogens is 403 g/mol. The Kier molecular flexibility index (Phi) is 7.15. The lowest BCUT2D eigenvalue weighted by Gasteiger charge is -2.34. The zero-order valence-electron chi connectivity index (χ0n) is 15.6. The number of benzene rings is 1. The van der Waals surface area contributed by atoms with Gasteiger partial charge in [0.1, 0.15) is 0 Å². The maximum atomic E-state index is 12.6. The molecule has 2 aliphatic heterocycles. The van der Waals surface area contributed by atoms with E-state index in [1.165, 1.54) is 0 Å². The highest BCUT2D eigenvalue weighted by molar-refractivity contribution is 6.36. The first-order valence-corrected chi connectivity index (χ1v) is 10.2. The van der Waals surface area contributed by atoms with E-state index < -0.39 is 0 Å². The standard InChI is InChI=1S/C19H24Cl2N4O3/c20-14-3-4-15(16(21)11-14)19(28)25-9-7-23(8-10-25)13-17(26)22-12-18(27)24-5-1-2-6-24/h3-4,11H,1-2,5-10,12-13H2,(H,22,26). The van der Waals surface area contributed by atoms with E-state index in [2.05, 4.69) is 5.32 Å². The molecule has 0 radical (unpaired) electrons. The average molecular weight is 427 g/mol. The Bertz CT molecular complexity index is 745. The number of rotatable bonds is 5. The van der Waals surface area contributed by atoms with Gasteiger partial charge in [-0.15, -0.1) is 0 Å². The summed E-state index contributed by atoms with van der Waals surface area (Å²) in [5, 5.41) is 3.52. The molecule has 2 saturated heterocycles. The van der Waals surface area contributed by atoms with E-state index in [4.69, 9.17) is 23.2 Å². The molecule has 1 aromatic rings. The monoisotopic (exact) mass is 426 g/mol. The maximum Gasteiger partial charge on any atom is 0.255 e. The summed E-state index contributed by atoms with van der Waals surface area (Å²) in [6.45, 7) is 4.03. The molecule has 1 N–H and O–H groups in total. The SMILES string of the molecule is O=C(CN1CCN(C(=O)c2ccc(Cl)cc2Cl)CC1)NCC(=O)N1CCCC1. The molecule has 0 aliphatic carbocycles. The molecule has 0 aromatic heterocycles. The second-order valence-electron chi connectivity index (χ2n) is 7.06. The van der Waals surface area contributed by atoms with Gasteiger partial charge in [0.2, 0.25) is 11.8 Å². The van der Waals surface area contributed by atoms with Gasteiger partial charge in [-0.05, 0) is 31.0 Å². The van der Waals surface area contributed by atoms with Crippen LogP contribution in [0.4, 0.5) is 0 Å². The number of hydrogen-bond donors (Lipinski definition) is 1.